The van der Waals surface area contributed by atoms with Gasteiger partial charge in [-0.05, 0) is 6.08 Å². The monoisotopic (exact) mass is 210 g/mol. The molecule has 0 aromatic carbocycles. The van der Waals surface area contributed by atoms with Crippen LogP contribution in [0.4, 0.5) is 13.2 Å². The molecule has 0 aliphatic rings. The fourth-order valence-corrected chi connectivity index (χ4v) is 0.602. The van der Waals surface area contributed by atoms with Crippen LogP contribution in [0.5, 0.6) is 5.95 Å². The molecule has 0 fully saturated rings. The minimum absolute atomic E-state index is 0.0190. The first-order valence-electron chi connectivity index (χ1n) is 3.43. The van der Waals surface area contributed by atoms with E-state index in [-0.39, 0.29) is 18.6 Å². The van der Waals surface area contributed by atoms with Crippen LogP contribution in [0.15, 0.2) is 32.0 Å². The Kier molecular flexibility index (Phi) is 3.00. The van der Waals surface area contributed by atoms with Crippen molar-refractivity contribution in [2.75, 3.05) is 6.61 Å². The number of allylic oxidation sites excluding steroid dienone is 1. The largest absolute Gasteiger partial charge is 0.521 e. The summed E-state index contributed by atoms with van der Waals surface area (Å²) in [4.78, 5) is 10.3. The molecule has 0 atom stereocenters. The molecule has 1 rings (SSSR count). The Bertz CT molecular complexity index is 360. The lowest BCUT2D eigenvalue weighted by Crippen LogP contribution is -2.02. The van der Waals surface area contributed by atoms with E-state index >= 15 is 0 Å². The average Bonchev–Trinajstić information content (AvgIpc) is 2.44. The van der Waals surface area contributed by atoms with Crippen molar-refractivity contribution in [1.82, 2.24) is 0 Å². The van der Waals surface area contributed by atoms with Gasteiger partial charge in [0.2, 0.25) is 0 Å². The van der Waals surface area contributed by atoms with E-state index in [1.807, 2.05) is 0 Å². The van der Waals surface area contributed by atoms with Gasteiger partial charge in [-0.25, -0.2) is 4.79 Å². The van der Waals surface area contributed by atoms with Gasteiger partial charge in [0.25, 0.3) is 0 Å². The predicted molar refractivity (Wildman–Crippen MR) is 37.9 cm³/mol. The van der Waals surface area contributed by atoms with Crippen molar-refractivity contribution in [3.63, 3.8) is 0 Å². The molecule has 0 unspecified atom stereocenters. The molecule has 0 aliphatic carbocycles. The van der Waals surface area contributed by atoms with Crippen LogP contribution in [0.3, 0.4) is 0 Å². The van der Waals surface area contributed by atoms with Gasteiger partial charge >= 0.3 is 17.9 Å². The third-order valence-corrected chi connectivity index (χ3v) is 1.06. The molecule has 78 valence electrons. The SMILES string of the molecule is O=c1occ(OC/C=C/C(F)(F)F)o1. The lowest BCUT2D eigenvalue weighted by atomic mass is 10.5. The van der Waals surface area contributed by atoms with Crippen LogP contribution in [0.25, 0.3) is 0 Å². The third-order valence-electron chi connectivity index (χ3n) is 1.06. The first-order chi connectivity index (χ1) is 6.47. The van der Waals surface area contributed by atoms with Gasteiger partial charge in [0, 0.05) is 6.08 Å². The second-order valence-electron chi connectivity index (χ2n) is 2.16. The molecule has 14 heavy (non-hydrogen) atoms. The Morgan fingerprint density at radius 2 is 2.21 bits per heavy atom. The van der Waals surface area contributed by atoms with Crippen LogP contribution in [-0.4, -0.2) is 12.8 Å². The number of hydrogen-bond donors (Lipinski definition) is 0. The average molecular weight is 210 g/mol. The highest BCUT2D eigenvalue weighted by molar-refractivity contribution is 4.95. The Hall–Kier alpha value is -1.66. The van der Waals surface area contributed by atoms with Gasteiger partial charge in [-0.15, -0.1) is 0 Å². The predicted octanol–water partition coefficient (Wildman–Crippen LogP) is 1.73. The van der Waals surface area contributed by atoms with E-state index in [1.165, 1.54) is 0 Å². The Balaban J connectivity index is 2.36. The summed E-state index contributed by atoms with van der Waals surface area (Å²) >= 11 is 0. The van der Waals surface area contributed by atoms with Crippen LogP contribution in [0, 0.1) is 0 Å². The summed E-state index contributed by atoms with van der Waals surface area (Å²) < 4.78 is 47.7. The molecule has 0 N–H and O–H groups in total. The first-order valence-corrected chi connectivity index (χ1v) is 3.43. The van der Waals surface area contributed by atoms with Crippen LogP contribution in [-0.2, 0) is 0 Å². The second-order valence-corrected chi connectivity index (χ2v) is 2.16. The van der Waals surface area contributed by atoms with Gasteiger partial charge < -0.3 is 13.6 Å². The highest BCUT2D eigenvalue weighted by Crippen LogP contribution is 2.15. The van der Waals surface area contributed by atoms with E-state index in [0.29, 0.717) is 0 Å². The maximum atomic E-state index is 11.6. The fourth-order valence-electron chi connectivity index (χ4n) is 0.602. The lowest BCUT2D eigenvalue weighted by molar-refractivity contribution is -0.0802. The number of hydrogen-bond acceptors (Lipinski definition) is 4. The van der Waals surface area contributed by atoms with Crippen molar-refractivity contribution in [3.8, 4) is 5.95 Å². The van der Waals surface area contributed by atoms with E-state index in [1.54, 1.807) is 0 Å². The molecular weight excluding hydrogens is 205 g/mol. The van der Waals surface area contributed by atoms with Gasteiger partial charge in [-0.1, -0.05) is 0 Å². The second kappa shape index (κ2) is 4.03. The van der Waals surface area contributed by atoms with Crippen molar-refractivity contribution in [3.05, 3.63) is 29.0 Å². The minimum Gasteiger partial charge on any atom is -0.459 e. The Morgan fingerprint density at radius 1 is 1.50 bits per heavy atom. The standard InChI is InChI=1S/C7H5F3O4/c8-7(9,10)2-1-3-12-5-4-13-6(11)14-5/h1-2,4H,3H2/b2-1+. The van der Waals surface area contributed by atoms with Crippen molar-refractivity contribution < 1.29 is 26.7 Å². The van der Waals surface area contributed by atoms with Crippen LogP contribution < -0.4 is 10.6 Å². The number of ether oxygens (including phenoxy) is 1. The maximum Gasteiger partial charge on any atom is 0.521 e. The molecule has 1 aromatic heterocycles. The summed E-state index contributed by atoms with van der Waals surface area (Å²) in [6.45, 7) is -0.359. The van der Waals surface area contributed by atoms with Gasteiger partial charge in [0.15, 0.2) is 6.26 Å². The van der Waals surface area contributed by atoms with Gasteiger partial charge in [0.1, 0.15) is 6.61 Å². The van der Waals surface area contributed by atoms with E-state index < -0.39 is 12.0 Å². The van der Waals surface area contributed by atoms with E-state index in [4.69, 9.17) is 0 Å². The van der Waals surface area contributed by atoms with Gasteiger partial charge in [0.05, 0.1) is 0 Å². The topological polar surface area (TPSA) is 52.6 Å². The molecule has 0 spiro atoms. The molecule has 0 aliphatic heterocycles. The van der Waals surface area contributed by atoms with E-state index in [9.17, 15) is 18.0 Å². The summed E-state index contributed by atoms with van der Waals surface area (Å²) in [6, 6.07) is 0. The van der Waals surface area contributed by atoms with Gasteiger partial charge in [-0.2, -0.15) is 13.2 Å². The zero-order valence-corrected chi connectivity index (χ0v) is 6.71. The highest BCUT2D eigenvalue weighted by atomic mass is 19.4. The van der Waals surface area contributed by atoms with Crippen molar-refractivity contribution in [2.24, 2.45) is 0 Å². The van der Waals surface area contributed by atoms with Crippen LogP contribution in [0.2, 0.25) is 0 Å². The van der Waals surface area contributed by atoms with Crippen LogP contribution >= 0.6 is 0 Å². The lowest BCUT2D eigenvalue weighted by Gasteiger charge is -1.97. The fraction of sp³-hybridized carbons (Fsp3) is 0.286. The molecule has 0 amide bonds. The van der Waals surface area contributed by atoms with Gasteiger partial charge in [-0.3, -0.25) is 0 Å². The molecular formula is C7H5F3O4. The summed E-state index contributed by atoms with van der Waals surface area (Å²) in [5, 5.41) is 0. The van der Waals surface area contributed by atoms with Crippen molar-refractivity contribution in [2.45, 2.75) is 6.18 Å². The third kappa shape index (κ3) is 3.83. The molecule has 1 aromatic rings. The number of halogens is 3. The highest BCUT2D eigenvalue weighted by Gasteiger charge is 2.21. The Morgan fingerprint density at radius 3 is 2.71 bits per heavy atom. The summed E-state index contributed by atoms with van der Waals surface area (Å²) in [5.41, 5.74) is 0. The first kappa shape index (κ1) is 10.4. The number of rotatable bonds is 3. The molecule has 0 bridgehead atoms. The van der Waals surface area contributed by atoms with E-state index in [0.717, 1.165) is 12.3 Å². The Labute approximate surface area is 75.6 Å². The molecule has 0 saturated heterocycles. The van der Waals surface area contributed by atoms with Crippen molar-refractivity contribution >= 4 is 0 Å². The molecule has 4 nitrogen and oxygen atoms in total. The molecule has 0 radical (unpaired) electrons. The minimum atomic E-state index is -4.37. The van der Waals surface area contributed by atoms with Crippen molar-refractivity contribution in [1.29, 1.82) is 0 Å². The number of alkyl halides is 3. The summed E-state index contributed by atoms with van der Waals surface area (Å²) in [7, 11) is 0. The zero-order chi connectivity index (χ0) is 10.6. The quantitative estimate of drug-likeness (QED) is 0.713. The maximum absolute atomic E-state index is 11.6. The smallest absolute Gasteiger partial charge is 0.459 e. The molecule has 0 saturated carbocycles. The molecule has 1 heterocycles. The van der Waals surface area contributed by atoms with Crippen LogP contribution in [0.1, 0.15) is 0 Å². The zero-order valence-electron chi connectivity index (χ0n) is 6.71. The molecule has 7 heteroatoms. The summed E-state index contributed by atoms with van der Waals surface area (Å²) in [6.07, 6.45) is -2.75. The van der Waals surface area contributed by atoms with E-state index in [2.05, 4.69) is 13.6 Å². The summed E-state index contributed by atoms with van der Waals surface area (Å²) in [5.74, 6) is -1.23. The normalized spacial score (nSPS) is 12.2.